The Morgan fingerprint density at radius 1 is 0.982 bits per heavy atom. The number of unbranched alkanes of at least 4 members (excludes halogenated alkanes) is 11. The lowest BCUT2D eigenvalue weighted by Crippen LogP contribution is -2.54. The Morgan fingerprint density at radius 3 is 2.25 bits per heavy atom. The number of ether oxygens (including phenoxy) is 5. The highest BCUT2D eigenvalue weighted by atomic mass is 16.7. The predicted octanol–water partition coefficient (Wildman–Crippen LogP) is 1.46. The molecular formula is C39H61N5O13. The molecule has 7 N–H and O–H groups in total. The summed E-state index contributed by atoms with van der Waals surface area (Å²) in [4.78, 5) is 79.0. The second-order valence-electron chi connectivity index (χ2n) is 15.1. The predicted molar refractivity (Wildman–Crippen MR) is 204 cm³/mol. The first-order chi connectivity index (χ1) is 27.3. The Hall–Kier alpha value is -4.10. The maximum absolute atomic E-state index is 13.2. The molecular weight excluding hydrogens is 746 g/mol. The summed E-state index contributed by atoms with van der Waals surface area (Å²) >= 11 is 0. The van der Waals surface area contributed by atoms with Crippen molar-refractivity contribution in [2.75, 3.05) is 7.11 Å². The maximum atomic E-state index is 13.2. The van der Waals surface area contributed by atoms with Crippen LogP contribution >= 0.6 is 0 Å². The van der Waals surface area contributed by atoms with Gasteiger partial charge >= 0.3 is 11.7 Å². The van der Waals surface area contributed by atoms with E-state index in [9.17, 15) is 39.0 Å². The summed E-state index contributed by atoms with van der Waals surface area (Å²) in [5, 5.41) is 26.8. The van der Waals surface area contributed by atoms with Crippen LogP contribution in [0, 0.1) is 0 Å². The van der Waals surface area contributed by atoms with Gasteiger partial charge in [0, 0.05) is 31.8 Å². The SMILES string of the molecule is CCCCCCCCCCCCCCC(=O)OC1C(OC)C(C(OC2OC(C(=O)NC3CCCC(C)NC3=O)=CC(O)C2O)C(N)=O)OC1n1ccc(=O)[nH]c1=O. The normalized spacial score (nSPS) is 28.1. The summed E-state index contributed by atoms with van der Waals surface area (Å²) < 4.78 is 30.0. The van der Waals surface area contributed by atoms with Gasteiger partial charge < -0.3 is 50.3 Å². The molecule has 0 radical (unpaired) electrons. The fourth-order valence-electron chi connectivity index (χ4n) is 7.35. The van der Waals surface area contributed by atoms with Gasteiger partial charge in [0.2, 0.25) is 18.1 Å². The molecule has 10 unspecified atom stereocenters. The summed E-state index contributed by atoms with van der Waals surface area (Å²) in [7, 11) is 1.24. The van der Waals surface area contributed by atoms with Crippen molar-refractivity contribution in [3.63, 3.8) is 0 Å². The number of aliphatic hydroxyl groups excluding tert-OH is 2. The number of primary amides is 1. The van der Waals surface area contributed by atoms with Crippen LogP contribution in [-0.4, -0.2) is 106 Å². The molecule has 3 aliphatic heterocycles. The molecule has 0 aromatic carbocycles. The van der Waals surface area contributed by atoms with Gasteiger partial charge in [0.15, 0.2) is 24.2 Å². The molecule has 18 heteroatoms. The van der Waals surface area contributed by atoms with E-state index in [0.717, 1.165) is 55.0 Å². The van der Waals surface area contributed by atoms with Crippen LogP contribution in [0.4, 0.5) is 0 Å². The van der Waals surface area contributed by atoms with Crippen LogP contribution in [-0.2, 0) is 42.9 Å². The number of aromatic nitrogens is 2. The van der Waals surface area contributed by atoms with E-state index in [4.69, 9.17) is 29.4 Å². The Kier molecular flexibility index (Phi) is 18.2. The van der Waals surface area contributed by atoms with E-state index in [1.807, 2.05) is 6.92 Å². The molecule has 1 aromatic heterocycles. The summed E-state index contributed by atoms with van der Waals surface area (Å²) in [5.41, 5.74) is 4.16. The number of carbonyl (C=O) groups is 4. The zero-order valence-corrected chi connectivity index (χ0v) is 33.2. The van der Waals surface area contributed by atoms with Gasteiger partial charge in [-0.1, -0.05) is 77.6 Å². The van der Waals surface area contributed by atoms with Crippen LogP contribution in [0.1, 0.15) is 123 Å². The van der Waals surface area contributed by atoms with Crippen LogP contribution in [0.15, 0.2) is 33.7 Å². The van der Waals surface area contributed by atoms with E-state index in [1.54, 1.807) is 0 Å². The highest BCUT2D eigenvalue weighted by Crippen LogP contribution is 2.36. The molecule has 0 spiro atoms. The van der Waals surface area contributed by atoms with Crippen LogP contribution in [0.2, 0.25) is 0 Å². The summed E-state index contributed by atoms with van der Waals surface area (Å²) in [5.74, 6) is -3.55. The number of aliphatic hydroxyl groups is 2. The number of nitrogens with one attached hydrogen (secondary N) is 3. The third-order valence-corrected chi connectivity index (χ3v) is 10.5. The van der Waals surface area contributed by atoms with Gasteiger partial charge in [0.25, 0.3) is 11.5 Å². The van der Waals surface area contributed by atoms with Crippen molar-refractivity contribution in [3.8, 4) is 0 Å². The lowest BCUT2D eigenvalue weighted by atomic mass is 10.0. The molecule has 57 heavy (non-hydrogen) atoms. The van der Waals surface area contributed by atoms with Crippen molar-refractivity contribution in [3.05, 3.63) is 44.9 Å². The Labute approximate surface area is 332 Å². The Balaban J connectivity index is 1.42. The molecule has 4 rings (SSSR count). The summed E-state index contributed by atoms with van der Waals surface area (Å²) in [6, 6.07) is 0.0817. The zero-order valence-electron chi connectivity index (χ0n) is 33.2. The molecule has 2 saturated heterocycles. The smallest absolute Gasteiger partial charge is 0.330 e. The highest BCUT2D eigenvalue weighted by Gasteiger charge is 2.54. The van der Waals surface area contributed by atoms with Gasteiger partial charge in [-0.2, -0.15) is 0 Å². The summed E-state index contributed by atoms with van der Waals surface area (Å²) in [6.45, 7) is 4.05. The number of nitrogens with zero attached hydrogens (tertiary/aromatic N) is 1. The van der Waals surface area contributed by atoms with E-state index in [2.05, 4.69) is 22.5 Å². The minimum atomic E-state index is -1.88. The van der Waals surface area contributed by atoms with Crippen LogP contribution in [0.5, 0.6) is 0 Å². The number of H-pyrrole nitrogens is 1. The number of hydrogen-bond acceptors (Lipinski definition) is 13. The first-order valence-corrected chi connectivity index (χ1v) is 20.3. The van der Waals surface area contributed by atoms with Gasteiger partial charge in [-0.05, 0) is 38.7 Å². The van der Waals surface area contributed by atoms with Gasteiger partial charge in [-0.25, -0.2) is 4.79 Å². The van der Waals surface area contributed by atoms with Gasteiger partial charge in [-0.15, -0.1) is 0 Å². The van der Waals surface area contributed by atoms with Gasteiger partial charge in [0.1, 0.15) is 30.5 Å². The quantitative estimate of drug-likeness (QED) is 0.0717. The Bertz CT molecular complexity index is 1630. The molecule has 0 saturated carbocycles. The molecule has 0 bridgehead atoms. The number of rotatable bonds is 22. The molecule has 1 aromatic rings. The van der Waals surface area contributed by atoms with Crippen molar-refractivity contribution in [2.24, 2.45) is 5.73 Å². The largest absolute Gasteiger partial charge is 0.456 e. The zero-order chi connectivity index (χ0) is 41.5. The van der Waals surface area contributed by atoms with E-state index in [-0.39, 0.29) is 12.5 Å². The minimum Gasteiger partial charge on any atom is -0.456 e. The van der Waals surface area contributed by atoms with Crippen LogP contribution in [0.3, 0.4) is 0 Å². The van der Waals surface area contributed by atoms with Crippen LogP contribution < -0.4 is 27.6 Å². The number of methoxy groups -OCH3 is 1. The Morgan fingerprint density at radius 2 is 1.63 bits per heavy atom. The number of carbonyl (C=O) groups excluding carboxylic acids is 4. The molecule has 3 aliphatic rings. The lowest BCUT2D eigenvalue weighted by Gasteiger charge is -2.35. The first kappa shape index (κ1) is 45.6. The van der Waals surface area contributed by atoms with Crippen molar-refractivity contribution in [2.45, 2.75) is 178 Å². The topological polar surface area (TPSA) is 260 Å². The second kappa shape index (κ2) is 22.7. The van der Waals surface area contributed by atoms with E-state index >= 15 is 0 Å². The van der Waals surface area contributed by atoms with E-state index < -0.39 is 95.9 Å². The second-order valence-corrected chi connectivity index (χ2v) is 15.1. The van der Waals surface area contributed by atoms with Gasteiger partial charge in [0.05, 0.1) is 0 Å². The molecule has 3 amide bonds. The van der Waals surface area contributed by atoms with Crippen molar-refractivity contribution in [1.29, 1.82) is 0 Å². The van der Waals surface area contributed by atoms with E-state index in [0.29, 0.717) is 19.3 Å². The van der Waals surface area contributed by atoms with Crippen LogP contribution in [0.25, 0.3) is 0 Å². The average Bonchev–Trinajstić information content (AvgIpc) is 3.42. The molecule has 10 atom stereocenters. The number of esters is 1. The fourth-order valence-corrected chi connectivity index (χ4v) is 7.35. The van der Waals surface area contributed by atoms with Crippen molar-refractivity contribution < 1.29 is 53.1 Å². The molecule has 2 fully saturated rings. The maximum Gasteiger partial charge on any atom is 0.330 e. The number of amides is 3. The number of aromatic amines is 1. The molecule has 18 nitrogen and oxygen atoms in total. The third kappa shape index (κ3) is 13.2. The van der Waals surface area contributed by atoms with Gasteiger partial charge in [-0.3, -0.25) is 33.5 Å². The van der Waals surface area contributed by atoms with Crippen molar-refractivity contribution >= 4 is 23.7 Å². The average molecular weight is 808 g/mol. The highest BCUT2D eigenvalue weighted by molar-refractivity contribution is 5.95. The number of nitrogens with two attached hydrogens (primary N) is 1. The lowest BCUT2D eigenvalue weighted by molar-refractivity contribution is -0.241. The monoisotopic (exact) mass is 807 g/mol. The number of hydrogen-bond donors (Lipinski definition) is 6. The minimum absolute atomic E-state index is 0.0523. The fraction of sp³-hybridized carbons (Fsp3) is 0.744. The standard InChI is InChI=1S/C39H61N5O13/c1-4-5-6-7-8-9-10-11-12-13-14-15-19-28(47)55-33-30(53-3)31(56-37(33)44-21-20-27(46)43-39(44)52)32(34(40)49)57-38-29(48)25(45)22-26(54-38)36(51)42-24-18-16-17-23(2)41-35(24)50/h20-25,29-33,37-38,45,48H,4-19H2,1-3H3,(H2,40,49)(H,41,50)(H,42,51)(H,43,46,52). The first-order valence-electron chi connectivity index (χ1n) is 20.3. The van der Waals surface area contributed by atoms with E-state index in [1.165, 1.54) is 52.1 Å². The van der Waals surface area contributed by atoms with Crippen molar-refractivity contribution in [1.82, 2.24) is 20.2 Å². The summed E-state index contributed by atoms with van der Waals surface area (Å²) in [6.07, 6.45) is 4.22. The molecule has 4 heterocycles. The third-order valence-electron chi connectivity index (χ3n) is 10.5. The molecule has 0 aliphatic carbocycles. The molecule has 320 valence electrons.